The first-order valence-corrected chi connectivity index (χ1v) is 12.7. The molecule has 7 nitrogen and oxygen atoms in total. The molecule has 3 aromatic carbocycles. The van der Waals surface area contributed by atoms with Crippen molar-refractivity contribution in [2.75, 3.05) is 10.6 Å². The molecule has 1 atom stereocenters. The molecule has 0 saturated carbocycles. The lowest BCUT2D eigenvalue weighted by molar-refractivity contribution is -0.141. The molecule has 0 aliphatic heterocycles. The Labute approximate surface area is 227 Å². The summed E-state index contributed by atoms with van der Waals surface area (Å²) in [4.78, 5) is 41.6. The van der Waals surface area contributed by atoms with E-state index in [1.807, 2.05) is 87.5 Å². The van der Waals surface area contributed by atoms with Gasteiger partial charge in [0.05, 0.1) is 5.92 Å². The highest BCUT2D eigenvalue weighted by molar-refractivity contribution is 6.00. The fourth-order valence-corrected chi connectivity index (χ4v) is 4.48. The second-order valence-electron chi connectivity index (χ2n) is 9.66. The number of nitrogens with one attached hydrogen (secondary N) is 2. The predicted octanol–water partition coefficient (Wildman–Crippen LogP) is 6.83. The Morgan fingerprint density at radius 3 is 2.21 bits per heavy atom. The summed E-state index contributed by atoms with van der Waals surface area (Å²) in [5.74, 6) is -1.57. The Morgan fingerprint density at radius 1 is 0.846 bits per heavy atom. The average Bonchev–Trinajstić information content (AvgIpc) is 2.90. The number of anilines is 2. The molecule has 39 heavy (non-hydrogen) atoms. The van der Waals surface area contributed by atoms with Crippen LogP contribution in [0.1, 0.15) is 39.2 Å². The number of nitrogens with zero attached hydrogens (tertiary/aromatic N) is 1. The first kappa shape index (κ1) is 27.3. The number of Topliss-reactive ketones (excluding diaryl/α,β-unsaturated/α-hetero) is 1. The quantitative estimate of drug-likeness (QED) is 0.209. The maximum Gasteiger partial charge on any atom is 0.324 e. The zero-order valence-corrected chi connectivity index (χ0v) is 22.2. The second-order valence-corrected chi connectivity index (χ2v) is 9.66. The largest absolute Gasteiger partial charge is 0.481 e. The number of ketones is 1. The van der Waals surface area contributed by atoms with Crippen molar-refractivity contribution in [3.63, 3.8) is 0 Å². The molecule has 2 amide bonds. The highest BCUT2D eigenvalue weighted by Crippen LogP contribution is 2.25. The Morgan fingerprint density at radius 2 is 1.56 bits per heavy atom. The predicted molar refractivity (Wildman–Crippen MR) is 153 cm³/mol. The van der Waals surface area contributed by atoms with Gasteiger partial charge in [-0.15, -0.1) is 0 Å². The second kappa shape index (κ2) is 12.2. The van der Waals surface area contributed by atoms with E-state index in [0.29, 0.717) is 23.5 Å². The first-order valence-electron chi connectivity index (χ1n) is 12.7. The summed E-state index contributed by atoms with van der Waals surface area (Å²) >= 11 is 0. The van der Waals surface area contributed by atoms with Crippen molar-refractivity contribution in [1.29, 1.82) is 0 Å². The Kier molecular flexibility index (Phi) is 8.51. The molecular formula is C32H31N3O4. The Balaban J connectivity index is 1.40. The monoisotopic (exact) mass is 521 g/mol. The summed E-state index contributed by atoms with van der Waals surface area (Å²) in [6.45, 7) is 5.79. The molecule has 4 rings (SSSR count). The molecule has 0 aliphatic carbocycles. The van der Waals surface area contributed by atoms with Crippen LogP contribution in [0, 0.1) is 26.7 Å². The van der Waals surface area contributed by atoms with E-state index in [1.54, 1.807) is 18.2 Å². The van der Waals surface area contributed by atoms with Crippen molar-refractivity contribution in [2.45, 2.75) is 33.6 Å². The number of aryl methyl sites for hydroxylation is 3. The van der Waals surface area contributed by atoms with Crippen molar-refractivity contribution in [2.24, 2.45) is 5.92 Å². The lowest BCUT2D eigenvalue weighted by Gasteiger charge is -2.13. The number of benzene rings is 3. The summed E-state index contributed by atoms with van der Waals surface area (Å²) in [6, 6.07) is 25.4. The molecule has 0 radical (unpaired) electrons. The molecule has 7 heteroatoms. The molecule has 1 unspecified atom stereocenters. The third-order valence-corrected chi connectivity index (χ3v) is 6.58. The SMILES string of the molecule is Cc1ccc(NC(=O)Nc2ccc(-c3ccc(C(=O)CC(Cc4ccccc4)C(=O)O)cc3)c(C)n2)c(C)c1. The maximum absolute atomic E-state index is 12.9. The number of pyridine rings is 1. The number of carbonyl (C=O) groups excluding carboxylic acids is 2. The molecule has 0 spiro atoms. The summed E-state index contributed by atoms with van der Waals surface area (Å²) in [5.41, 5.74) is 6.62. The van der Waals surface area contributed by atoms with E-state index < -0.39 is 11.9 Å². The van der Waals surface area contributed by atoms with Gasteiger partial charge < -0.3 is 10.4 Å². The van der Waals surface area contributed by atoms with E-state index in [0.717, 1.165) is 33.5 Å². The molecule has 1 aromatic heterocycles. The molecule has 4 aromatic rings. The van der Waals surface area contributed by atoms with E-state index >= 15 is 0 Å². The summed E-state index contributed by atoms with van der Waals surface area (Å²) in [7, 11) is 0. The van der Waals surface area contributed by atoms with Crippen LogP contribution in [0.2, 0.25) is 0 Å². The zero-order chi connectivity index (χ0) is 27.9. The van der Waals surface area contributed by atoms with Crippen LogP contribution < -0.4 is 10.6 Å². The van der Waals surface area contributed by atoms with Gasteiger partial charge in [-0.25, -0.2) is 9.78 Å². The van der Waals surface area contributed by atoms with E-state index in [-0.39, 0.29) is 18.2 Å². The number of aliphatic carboxylic acids is 1. The Hall–Kier alpha value is -4.78. The highest BCUT2D eigenvalue weighted by Gasteiger charge is 2.22. The summed E-state index contributed by atoms with van der Waals surface area (Å²) in [6.07, 6.45) is 0.225. The number of carboxylic acids is 1. The zero-order valence-electron chi connectivity index (χ0n) is 22.2. The third-order valence-electron chi connectivity index (χ3n) is 6.58. The van der Waals surface area contributed by atoms with Gasteiger partial charge in [0.25, 0.3) is 0 Å². The van der Waals surface area contributed by atoms with Gasteiger partial charge in [-0.3, -0.25) is 14.9 Å². The van der Waals surface area contributed by atoms with Gasteiger partial charge in [0.2, 0.25) is 0 Å². The van der Waals surface area contributed by atoms with Gasteiger partial charge in [0.15, 0.2) is 5.78 Å². The van der Waals surface area contributed by atoms with Gasteiger partial charge in [-0.1, -0.05) is 72.3 Å². The average molecular weight is 522 g/mol. The molecular weight excluding hydrogens is 490 g/mol. The number of urea groups is 1. The minimum atomic E-state index is -0.984. The van der Waals surface area contributed by atoms with Crippen LogP contribution in [0.15, 0.2) is 84.9 Å². The van der Waals surface area contributed by atoms with Gasteiger partial charge in [0, 0.05) is 28.9 Å². The fraction of sp³-hybridized carbons (Fsp3) is 0.188. The van der Waals surface area contributed by atoms with E-state index in [1.165, 1.54) is 0 Å². The third kappa shape index (κ3) is 7.17. The van der Waals surface area contributed by atoms with Crippen LogP contribution in [-0.2, 0) is 11.2 Å². The molecule has 3 N–H and O–H groups in total. The van der Waals surface area contributed by atoms with Crippen molar-refractivity contribution >= 4 is 29.3 Å². The van der Waals surface area contributed by atoms with Crippen LogP contribution in [0.4, 0.5) is 16.3 Å². The van der Waals surface area contributed by atoms with Crippen LogP contribution in [0.5, 0.6) is 0 Å². The smallest absolute Gasteiger partial charge is 0.324 e. The number of amides is 2. The normalized spacial score (nSPS) is 11.5. The fourth-order valence-electron chi connectivity index (χ4n) is 4.48. The number of carbonyl (C=O) groups is 3. The summed E-state index contributed by atoms with van der Waals surface area (Å²) in [5, 5.41) is 15.2. The van der Waals surface area contributed by atoms with E-state index in [4.69, 9.17) is 0 Å². The molecule has 198 valence electrons. The van der Waals surface area contributed by atoms with Crippen molar-refractivity contribution in [3.05, 3.63) is 113 Å². The van der Waals surface area contributed by atoms with Gasteiger partial charge >= 0.3 is 12.0 Å². The lowest BCUT2D eigenvalue weighted by Crippen LogP contribution is -2.20. The van der Waals surface area contributed by atoms with Crippen LogP contribution in [-0.4, -0.2) is 27.9 Å². The highest BCUT2D eigenvalue weighted by atomic mass is 16.4. The molecule has 0 aliphatic rings. The van der Waals surface area contributed by atoms with Crippen molar-refractivity contribution in [3.8, 4) is 11.1 Å². The first-order chi connectivity index (χ1) is 18.7. The topological polar surface area (TPSA) is 108 Å². The minimum Gasteiger partial charge on any atom is -0.481 e. The Bertz CT molecular complexity index is 1500. The van der Waals surface area contributed by atoms with Gasteiger partial charge in [0.1, 0.15) is 5.82 Å². The number of hydrogen-bond donors (Lipinski definition) is 3. The van der Waals surface area contributed by atoms with Gasteiger partial charge in [-0.05, 0) is 62.1 Å². The van der Waals surface area contributed by atoms with E-state index in [9.17, 15) is 19.5 Å². The van der Waals surface area contributed by atoms with Crippen LogP contribution in [0.3, 0.4) is 0 Å². The molecule has 0 fully saturated rings. The van der Waals surface area contributed by atoms with Crippen LogP contribution >= 0.6 is 0 Å². The van der Waals surface area contributed by atoms with Crippen molar-refractivity contribution < 1.29 is 19.5 Å². The molecule has 1 heterocycles. The van der Waals surface area contributed by atoms with Crippen LogP contribution in [0.25, 0.3) is 11.1 Å². The number of hydrogen-bond acceptors (Lipinski definition) is 4. The van der Waals surface area contributed by atoms with Crippen molar-refractivity contribution in [1.82, 2.24) is 4.98 Å². The molecule has 0 saturated heterocycles. The number of carboxylic acid groups (broad SMARTS) is 1. The molecule has 0 bridgehead atoms. The maximum atomic E-state index is 12.9. The lowest BCUT2D eigenvalue weighted by atomic mass is 9.91. The number of aromatic nitrogens is 1. The van der Waals surface area contributed by atoms with Gasteiger partial charge in [-0.2, -0.15) is 0 Å². The van der Waals surface area contributed by atoms with E-state index in [2.05, 4.69) is 15.6 Å². The number of rotatable bonds is 9. The standard InChI is InChI=1S/C32H31N3O4/c1-20-9-15-28(21(2)17-20)34-32(39)35-30-16-14-27(22(3)33-30)24-10-12-25(13-11-24)29(36)19-26(31(37)38)18-23-7-5-4-6-8-23/h4-17,26H,18-19H2,1-3H3,(H,37,38)(H2,33,34,35,39). The minimum absolute atomic E-state index is 0.0747. The summed E-state index contributed by atoms with van der Waals surface area (Å²) < 4.78 is 0.